The van der Waals surface area contributed by atoms with Gasteiger partial charge in [-0.3, -0.25) is 0 Å². The number of hydrogen-bond donors (Lipinski definition) is 1. The van der Waals surface area contributed by atoms with Gasteiger partial charge in [-0.25, -0.2) is 0 Å². The zero-order chi connectivity index (χ0) is 7.98. The normalized spacial score (nSPS) is 12.4. The molecule has 0 aromatic carbocycles. The zero-order valence-electron chi connectivity index (χ0n) is 6.72. The van der Waals surface area contributed by atoms with Gasteiger partial charge in [-0.15, -0.1) is 6.58 Å². The molecule has 0 heterocycles. The first kappa shape index (κ1) is 9.24. The molecule has 10 heavy (non-hydrogen) atoms. The van der Waals surface area contributed by atoms with Crippen molar-refractivity contribution in [3.8, 4) is 0 Å². The molecule has 0 aliphatic carbocycles. The Morgan fingerprint density at radius 1 is 1.60 bits per heavy atom. The Kier molecular flexibility index (Phi) is 4.68. The second kappa shape index (κ2) is 5.06. The summed E-state index contributed by atoms with van der Waals surface area (Å²) in [5, 5.41) is 0. The monoisotopic (exact) mass is 135 g/mol. The van der Waals surface area contributed by atoms with E-state index in [1.165, 1.54) is 0 Å². The summed E-state index contributed by atoms with van der Waals surface area (Å²) in [7, 11) is 1.96. The predicted molar refractivity (Wildman–Crippen MR) is 49.6 cm³/mol. The highest BCUT2D eigenvalue weighted by Crippen LogP contribution is 1.95. The van der Waals surface area contributed by atoms with E-state index in [0.29, 0.717) is 6.54 Å². The van der Waals surface area contributed by atoms with Crippen LogP contribution >= 0.6 is 0 Å². The maximum absolute atomic E-state index is 5.42. The topological polar surface area (TPSA) is 26.0 Å². The third-order valence-electron chi connectivity index (χ3n) is 1.19. The third-order valence-corrected chi connectivity index (χ3v) is 1.19. The lowest BCUT2D eigenvalue weighted by Gasteiger charge is -1.93. The summed E-state index contributed by atoms with van der Waals surface area (Å²) in [6, 6.07) is 0. The molecule has 0 fully saturated rings. The van der Waals surface area contributed by atoms with E-state index in [0.717, 1.165) is 11.0 Å². The average Bonchev–Trinajstić information content (AvgIpc) is 1.90. The fraction of sp³-hybridized carbons (Fsp3) is 0.250. The molecule has 0 unspecified atom stereocenters. The van der Waals surface area contributed by atoms with Crippen LogP contribution in [0.3, 0.4) is 0 Å². The number of hydrogen-bond acceptors (Lipinski definition) is 1. The summed E-state index contributed by atoms with van der Waals surface area (Å²) in [5.41, 5.74) is 7.61. The van der Waals surface area contributed by atoms with E-state index in [2.05, 4.69) is 6.58 Å². The van der Waals surface area contributed by atoms with E-state index in [1.54, 1.807) is 0 Å². The molecule has 0 amide bonds. The quantitative estimate of drug-likeness (QED) is 0.445. The molecule has 0 saturated heterocycles. The van der Waals surface area contributed by atoms with Crippen LogP contribution in [0.25, 0.3) is 0 Å². The highest BCUT2D eigenvalue weighted by molar-refractivity contribution is 6.23. The molecule has 0 aromatic rings. The van der Waals surface area contributed by atoms with Crippen molar-refractivity contribution >= 4 is 7.85 Å². The Bertz CT molecular complexity index is 168. The molecule has 0 bridgehead atoms. The van der Waals surface area contributed by atoms with Crippen LogP contribution in [0, 0.1) is 0 Å². The molecule has 0 spiro atoms. The van der Waals surface area contributed by atoms with Gasteiger partial charge in [0.2, 0.25) is 0 Å². The van der Waals surface area contributed by atoms with Gasteiger partial charge in [0.05, 0.1) is 0 Å². The molecule has 1 nitrogen and oxygen atoms in total. The maximum Gasteiger partial charge on any atom is 0.138 e. The largest absolute Gasteiger partial charge is 0.327 e. The molecule has 0 radical (unpaired) electrons. The van der Waals surface area contributed by atoms with Gasteiger partial charge in [0.1, 0.15) is 7.85 Å². The highest BCUT2D eigenvalue weighted by Gasteiger charge is 1.82. The molecular weight excluding hydrogens is 121 g/mol. The zero-order valence-corrected chi connectivity index (χ0v) is 6.72. The van der Waals surface area contributed by atoms with Gasteiger partial charge in [0.15, 0.2) is 0 Å². The Balaban J connectivity index is 3.98. The van der Waals surface area contributed by atoms with E-state index in [4.69, 9.17) is 5.73 Å². The molecule has 0 aliphatic rings. The van der Waals surface area contributed by atoms with Crippen molar-refractivity contribution in [2.75, 3.05) is 6.54 Å². The third kappa shape index (κ3) is 4.16. The van der Waals surface area contributed by atoms with Crippen molar-refractivity contribution in [1.29, 1.82) is 0 Å². The van der Waals surface area contributed by atoms with Gasteiger partial charge in [-0.1, -0.05) is 23.7 Å². The minimum Gasteiger partial charge on any atom is -0.327 e. The molecule has 0 aliphatic heterocycles. The average molecular weight is 135 g/mol. The van der Waals surface area contributed by atoms with Crippen LogP contribution in [0.2, 0.25) is 0 Å². The van der Waals surface area contributed by atoms with Crippen LogP contribution in [-0.4, -0.2) is 14.4 Å². The molecule has 0 rings (SSSR count). The second-order valence-electron chi connectivity index (χ2n) is 2.25. The van der Waals surface area contributed by atoms with Crippen molar-refractivity contribution < 1.29 is 0 Å². The van der Waals surface area contributed by atoms with Crippen molar-refractivity contribution in [3.05, 3.63) is 35.9 Å². The number of rotatable bonds is 3. The summed E-state index contributed by atoms with van der Waals surface area (Å²) >= 11 is 0. The van der Waals surface area contributed by atoms with Crippen LogP contribution < -0.4 is 5.73 Å². The van der Waals surface area contributed by atoms with Crippen LogP contribution in [0.4, 0.5) is 0 Å². The van der Waals surface area contributed by atoms with E-state index in [9.17, 15) is 0 Å². The van der Waals surface area contributed by atoms with E-state index >= 15 is 0 Å². The SMILES string of the molecule is BC(=C)/C=C\C(=C/C)CN. The molecule has 0 saturated carbocycles. The Morgan fingerprint density at radius 2 is 2.20 bits per heavy atom. The molecule has 2 heteroatoms. The summed E-state index contributed by atoms with van der Waals surface area (Å²) in [6.45, 7) is 6.32. The molecule has 0 aromatic heterocycles. The van der Waals surface area contributed by atoms with Gasteiger partial charge < -0.3 is 5.73 Å². The number of nitrogens with two attached hydrogens (primary N) is 1. The summed E-state index contributed by atoms with van der Waals surface area (Å²) in [5.74, 6) is 0. The standard InChI is InChI=1S/C8H14BN/c1-3-8(6-10)5-4-7(2)9/h3-5H,2,6,9-10H2,1H3/b5-4-,8-3+. The lowest BCUT2D eigenvalue weighted by molar-refractivity contribution is 1.18. The van der Waals surface area contributed by atoms with Crippen molar-refractivity contribution in [3.63, 3.8) is 0 Å². The highest BCUT2D eigenvalue weighted by atomic mass is 14.5. The fourth-order valence-corrected chi connectivity index (χ4v) is 0.531. The Labute approximate surface area is 63.7 Å². The summed E-state index contributed by atoms with van der Waals surface area (Å²) in [6.07, 6.45) is 5.95. The van der Waals surface area contributed by atoms with Crippen molar-refractivity contribution in [2.45, 2.75) is 6.92 Å². The van der Waals surface area contributed by atoms with Gasteiger partial charge >= 0.3 is 0 Å². The lowest BCUT2D eigenvalue weighted by atomic mass is 9.97. The first-order valence-electron chi connectivity index (χ1n) is 3.39. The first-order chi connectivity index (χ1) is 4.70. The van der Waals surface area contributed by atoms with E-state index in [-0.39, 0.29) is 0 Å². The fourth-order valence-electron chi connectivity index (χ4n) is 0.531. The maximum atomic E-state index is 5.42. The molecule has 2 N–H and O–H groups in total. The van der Waals surface area contributed by atoms with Gasteiger partial charge in [-0.05, 0) is 12.5 Å². The van der Waals surface area contributed by atoms with Gasteiger partial charge in [-0.2, -0.15) is 0 Å². The van der Waals surface area contributed by atoms with Crippen molar-refractivity contribution in [1.82, 2.24) is 0 Å². The predicted octanol–water partition coefficient (Wildman–Crippen LogP) is 0.594. The van der Waals surface area contributed by atoms with E-state index < -0.39 is 0 Å². The van der Waals surface area contributed by atoms with Crippen molar-refractivity contribution in [2.24, 2.45) is 5.73 Å². The smallest absolute Gasteiger partial charge is 0.138 e. The summed E-state index contributed by atoms with van der Waals surface area (Å²) in [4.78, 5) is 0. The van der Waals surface area contributed by atoms with Crippen LogP contribution in [-0.2, 0) is 0 Å². The minimum absolute atomic E-state index is 0.598. The molecule has 0 atom stereocenters. The number of allylic oxidation sites excluding steroid dienone is 3. The second-order valence-corrected chi connectivity index (χ2v) is 2.25. The molecule has 54 valence electrons. The van der Waals surface area contributed by atoms with Crippen LogP contribution in [0.5, 0.6) is 0 Å². The van der Waals surface area contributed by atoms with E-state index in [1.807, 2.05) is 33.0 Å². The Hall–Kier alpha value is -0.755. The van der Waals surface area contributed by atoms with Crippen LogP contribution in [0.1, 0.15) is 6.92 Å². The summed E-state index contributed by atoms with van der Waals surface area (Å²) < 4.78 is 0. The molecular formula is C8H14BN. The minimum atomic E-state index is 0.598. The first-order valence-corrected chi connectivity index (χ1v) is 3.39. The van der Waals surface area contributed by atoms with Gasteiger partial charge in [0, 0.05) is 6.54 Å². The Morgan fingerprint density at radius 3 is 2.50 bits per heavy atom. The van der Waals surface area contributed by atoms with Crippen LogP contribution in [0.15, 0.2) is 35.9 Å². The van der Waals surface area contributed by atoms with Gasteiger partial charge in [0.25, 0.3) is 0 Å². The lowest BCUT2D eigenvalue weighted by Crippen LogP contribution is -2.00.